The molecule has 0 spiro atoms. The van der Waals surface area contributed by atoms with Crippen LogP contribution in [-0.4, -0.2) is 17.1 Å². The Morgan fingerprint density at radius 2 is 1.96 bits per heavy atom. The molecule has 4 rings (SSSR count). The highest BCUT2D eigenvalue weighted by Gasteiger charge is 2.23. The van der Waals surface area contributed by atoms with Gasteiger partial charge in [-0.1, -0.05) is 18.2 Å². The highest BCUT2D eigenvalue weighted by molar-refractivity contribution is 5.58. The first-order valence-electron chi connectivity index (χ1n) is 7.69. The zero-order valence-electron chi connectivity index (χ0n) is 13.4. The van der Waals surface area contributed by atoms with Crippen molar-refractivity contribution in [2.75, 3.05) is 7.11 Å². The zero-order chi connectivity index (χ0) is 16.7. The minimum atomic E-state index is -0.169. The molecule has 0 atom stereocenters. The molecule has 0 amide bonds. The van der Waals surface area contributed by atoms with Gasteiger partial charge in [-0.05, 0) is 42.3 Å². The second kappa shape index (κ2) is 5.53. The normalized spacial score (nSPS) is 12.1. The van der Waals surface area contributed by atoms with Crippen molar-refractivity contribution in [3.05, 3.63) is 69.5 Å². The van der Waals surface area contributed by atoms with Gasteiger partial charge in [0.05, 0.1) is 12.7 Å². The number of para-hydroxylation sites is 1. The van der Waals surface area contributed by atoms with Gasteiger partial charge in [-0.3, -0.25) is 4.79 Å². The molecule has 5 nitrogen and oxygen atoms in total. The standard InChI is InChI=1S/C19H16N2O3/c1-11-4-3-5-13-10-15-18(22)20-17(21-19(15)24-16(11)13)12-6-8-14(23-2)9-7-12/h3-9H,10H2,1-2H3,(H,20,21,22). The molecular weight excluding hydrogens is 304 g/mol. The van der Waals surface area contributed by atoms with Crippen LogP contribution in [0, 0.1) is 6.92 Å². The number of fused-ring (bicyclic) bond motifs is 2. The lowest BCUT2D eigenvalue weighted by atomic mass is 10.0. The maximum atomic E-state index is 12.5. The van der Waals surface area contributed by atoms with Gasteiger partial charge in [-0.15, -0.1) is 0 Å². The summed E-state index contributed by atoms with van der Waals surface area (Å²) >= 11 is 0. The van der Waals surface area contributed by atoms with Crippen molar-refractivity contribution in [3.8, 4) is 28.8 Å². The van der Waals surface area contributed by atoms with E-state index in [4.69, 9.17) is 9.47 Å². The van der Waals surface area contributed by atoms with Gasteiger partial charge in [0, 0.05) is 12.0 Å². The van der Waals surface area contributed by atoms with Gasteiger partial charge in [-0.25, -0.2) is 0 Å². The van der Waals surface area contributed by atoms with Crippen LogP contribution >= 0.6 is 0 Å². The van der Waals surface area contributed by atoms with Crippen LogP contribution in [-0.2, 0) is 6.42 Å². The molecule has 0 bridgehead atoms. The maximum absolute atomic E-state index is 12.5. The number of H-pyrrole nitrogens is 1. The van der Waals surface area contributed by atoms with E-state index in [1.54, 1.807) is 7.11 Å². The lowest BCUT2D eigenvalue weighted by Gasteiger charge is -2.20. The van der Waals surface area contributed by atoms with Crippen LogP contribution in [0.2, 0.25) is 0 Å². The summed E-state index contributed by atoms with van der Waals surface area (Å²) in [4.78, 5) is 19.8. The molecule has 5 heteroatoms. The fraction of sp³-hybridized carbons (Fsp3) is 0.158. The Morgan fingerprint density at radius 3 is 2.71 bits per heavy atom. The highest BCUT2D eigenvalue weighted by atomic mass is 16.5. The Balaban J connectivity index is 1.79. The second-order valence-electron chi connectivity index (χ2n) is 5.77. The van der Waals surface area contributed by atoms with E-state index in [0.717, 1.165) is 28.2 Å². The summed E-state index contributed by atoms with van der Waals surface area (Å²) < 4.78 is 11.1. The molecule has 2 heterocycles. The van der Waals surface area contributed by atoms with E-state index in [9.17, 15) is 4.79 Å². The topological polar surface area (TPSA) is 64.2 Å². The van der Waals surface area contributed by atoms with Crippen molar-refractivity contribution < 1.29 is 9.47 Å². The summed E-state index contributed by atoms with van der Waals surface area (Å²) in [5.41, 5.74) is 3.23. The molecule has 0 aliphatic carbocycles. The van der Waals surface area contributed by atoms with Crippen molar-refractivity contribution >= 4 is 0 Å². The fourth-order valence-corrected chi connectivity index (χ4v) is 2.89. The van der Waals surface area contributed by atoms with E-state index >= 15 is 0 Å². The van der Waals surface area contributed by atoms with Crippen molar-refractivity contribution in [1.82, 2.24) is 9.97 Å². The molecule has 1 N–H and O–H groups in total. The zero-order valence-corrected chi connectivity index (χ0v) is 13.4. The largest absolute Gasteiger partial charge is 0.497 e. The SMILES string of the molecule is COc1ccc(-c2nc3c(c(=O)[nH]2)Cc2cccc(C)c2O3)cc1. The summed E-state index contributed by atoms with van der Waals surface area (Å²) in [6.45, 7) is 1.99. The van der Waals surface area contributed by atoms with Crippen molar-refractivity contribution in [2.24, 2.45) is 0 Å². The predicted molar refractivity (Wildman–Crippen MR) is 90.9 cm³/mol. The number of ether oxygens (including phenoxy) is 2. The molecule has 3 aromatic rings. The number of benzene rings is 2. The number of hydrogen-bond donors (Lipinski definition) is 1. The number of aromatic amines is 1. The summed E-state index contributed by atoms with van der Waals surface area (Å²) in [6, 6.07) is 13.3. The number of hydrogen-bond acceptors (Lipinski definition) is 4. The molecule has 120 valence electrons. The quantitative estimate of drug-likeness (QED) is 0.614. The molecular formula is C19H16N2O3. The molecule has 0 saturated carbocycles. The molecule has 24 heavy (non-hydrogen) atoms. The highest BCUT2D eigenvalue weighted by Crippen LogP contribution is 2.36. The van der Waals surface area contributed by atoms with Gasteiger partial charge >= 0.3 is 0 Å². The van der Waals surface area contributed by atoms with E-state index in [1.807, 2.05) is 49.4 Å². The van der Waals surface area contributed by atoms with Crippen molar-refractivity contribution in [3.63, 3.8) is 0 Å². The Bertz CT molecular complexity index is 975. The average Bonchev–Trinajstić information content (AvgIpc) is 2.61. The number of aromatic nitrogens is 2. The molecule has 1 aromatic heterocycles. The molecule has 0 radical (unpaired) electrons. The molecule has 2 aromatic carbocycles. The van der Waals surface area contributed by atoms with E-state index in [0.29, 0.717) is 23.7 Å². The molecule has 1 aliphatic rings. The Labute approximate surface area is 138 Å². The van der Waals surface area contributed by atoms with E-state index < -0.39 is 0 Å². The molecule has 0 fully saturated rings. The van der Waals surface area contributed by atoms with Crippen LogP contribution < -0.4 is 15.0 Å². The first kappa shape index (κ1) is 14.5. The number of aryl methyl sites for hydroxylation is 1. The minimum Gasteiger partial charge on any atom is -0.497 e. The van der Waals surface area contributed by atoms with Crippen LogP contribution in [0.1, 0.15) is 16.7 Å². The van der Waals surface area contributed by atoms with Gasteiger partial charge in [0.2, 0.25) is 5.88 Å². The van der Waals surface area contributed by atoms with Crippen LogP contribution in [0.4, 0.5) is 0 Å². The lowest BCUT2D eigenvalue weighted by Crippen LogP contribution is -2.20. The third-order valence-electron chi connectivity index (χ3n) is 4.20. The Hall–Kier alpha value is -3.08. The monoisotopic (exact) mass is 320 g/mol. The Kier molecular flexibility index (Phi) is 3.34. The predicted octanol–water partition coefficient (Wildman–Crippen LogP) is 3.45. The molecule has 1 aliphatic heterocycles. The molecule has 0 saturated heterocycles. The van der Waals surface area contributed by atoms with Gasteiger partial charge in [0.25, 0.3) is 5.56 Å². The first-order valence-corrected chi connectivity index (χ1v) is 7.69. The van der Waals surface area contributed by atoms with Crippen LogP contribution in [0.25, 0.3) is 11.4 Å². The second-order valence-corrected chi connectivity index (χ2v) is 5.77. The summed E-state index contributed by atoms with van der Waals surface area (Å²) in [6.07, 6.45) is 0.525. The van der Waals surface area contributed by atoms with Gasteiger partial charge in [0.1, 0.15) is 17.3 Å². The van der Waals surface area contributed by atoms with E-state index in [1.165, 1.54) is 0 Å². The summed E-state index contributed by atoms with van der Waals surface area (Å²) in [5.74, 6) is 2.41. The number of rotatable bonds is 2. The van der Waals surface area contributed by atoms with E-state index in [2.05, 4.69) is 9.97 Å². The van der Waals surface area contributed by atoms with Gasteiger partial charge in [0.15, 0.2) is 0 Å². The third kappa shape index (κ3) is 2.34. The third-order valence-corrected chi connectivity index (χ3v) is 4.20. The molecule has 0 unspecified atom stereocenters. The van der Waals surface area contributed by atoms with Gasteiger partial charge in [-0.2, -0.15) is 4.98 Å². The van der Waals surface area contributed by atoms with Crippen LogP contribution in [0.15, 0.2) is 47.3 Å². The van der Waals surface area contributed by atoms with Crippen LogP contribution in [0.5, 0.6) is 17.4 Å². The van der Waals surface area contributed by atoms with Crippen molar-refractivity contribution in [1.29, 1.82) is 0 Å². The Morgan fingerprint density at radius 1 is 1.17 bits per heavy atom. The first-order chi connectivity index (χ1) is 11.7. The number of nitrogens with one attached hydrogen (secondary N) is 1. The number of nitrogens with zero attached hydrogens (tertiary/aromatic N) is 1. The lowest BCUT2D eigenvalue weighted by molar-refractivity contribution is 0.415. The van der Waals surface area contributed by atoms with E-state index in [-0.39, 0.29) is 5.56 Å². The average molecular weight is 320 g/mol. The number of methoxy groups -OCH3 is 1. The van der Waals surface area contributed by atoms with Crippen molar-refractivity contribution in [2.45, 2.75) is 13.3 Å². The smallest absolute Gasteiger partial charge is 0.258 e. The summed E-state index contributed by atoms with van der Waals surface area (Å²) in [5, 5.41) is 0. The minimum absolute atomic E-state index is 0.169. The maximum Gasteiger partial charge on any atom is 0.258 e. The fourth-order valence-electron chi connectivity index (χ4n) is 2.89. The summed E-state index contributed by atoms with van der Waals surface area (Å²) in [7, 11) is 1.61. The van der Waals surface area contributed by atoms with Crippen LogP contribution in [0.3, 0.4) is 0 Å². The van der Waals surface area contributed by atoms with Gasteiger partial charge < -0.3 is 14.5 Å².